The molecule has 1 atom stereocenters. The first-order chi connectivity index (χ1) is 8.00. The largest absolute Gasteiger partial charge is 0.324 e. The Hall–Kier alpha value is -1.13. The van der Waals surface area contributed by atoms with E-state index in [1.54, 1.807) is 0 Å². The van der Waals surface area contributed by atoms with Crippen LogP contribution in [-0.2, 0) is 0 Å². The van der Waals surface area contributed by atoms with Crippen LogP contribution in [0, 0.1) is 13.8 Å². The van der Waals surface area contributed by atoms with Crippen molar-refractivity contribution in [2.45, 2.75) is 26.8 Å². The van der Waals surface area contributed by atoms with E-state index in [2.05, 4.69) is 50.6 Å². The minimum Gasteiger partial charge on any atom is -0.324 e. The monoisotopic (exact) mass is 293 g/mol. The lowest BCUT2D eigenvalue weighted by atomic mass is 10.1. The molecule has 1 heterocycles. The van der Waals surface area contributed by atoms with Gasteiger partial charge in [0.1, 0.15) is 0 Å². The zero-order chi connectivity index (χ0) is 12.6. The van der Waals surface area contributed by atoms with Crippen molar-refractivity contribution in [2.75, 3.05) is 0 Å². The molecule has 2 rings (SSSR count). The summed E-state index contributed by atoms with van der Waals surface area (Å²) in [6.07, 6.45) is 1.84. The van der Waals surface area contributed by atoms with E-state index in [9.17, 15) is 0 Å². The maximum absolute atomic E-state index is 5.87. The van der Waals surface area contributed by atoms with E-state index in [0.29, 0.717) is 0 Å². The first-order valence-electron chi connectivity index (χ1n) is 5.56. The van der Waals surface area contributed by atoms with Crippen molar-refractivity contribution in [3.8, 4) is 5.69 Å². The molecular weight excluding hydrogens is 278 g/mol. The molecule has 0 saturated carbocycles. The number of aryl methyl sites for hydroxylation is 1. The Labute approximate surface area is 110 Å². The minimum absolute atomic E-state index is 0.0472. The fraction of sp³-hybridized carbons (Fsp3) is 0.308. The summed E-state index contributed by atoms with van der Waals surface area (Å²) in [5.41, 5.74) is 10.3. The third-order valence-corrected chi connectivity index (χ3v) is 3.64. The van der Waals surface area contributed by atoms with E-state index < -0.39 is 0 Å². The smallest absolute Gasteiger partial charge is 0.0997 e. The van der Waals surface area contributed by atoms with E-state index in [1.165, 1.54) is 0 Å². The van der Waals surface area contributed by atoms with Gasteiger partial charge in [0.25, 0.3) is 0 Å². The van der Waals surface area contributed by atoms with Crippen molar-refractivity contribution in [2.24, 2.45) is 5.73 Å². The highest BCUT2D eigenvalue weighted by molar-refractivity contribution is 9.10. The van der Waals surface area contributed by atoms with Crippen molar-refractivity contribution in [3.63, 3.8) is 0 Å². The summed E-state index contributed by atoms with van der Waals surface area (Å²) < 4.78 is 3.11. The predicted octanol–water partition coefficient (Wildman–Crippen LogP) is 3.27. The molecule has 4 heteroatoms. The number of benzene rings is 1. The van der Waals surface area contributed by atoms with Gasteiger partial charge in [-0.3, -0.25) is 0 Å². The Morgan fingerprint density at radius 3 is 2.53 bits per heavy atom. The molecule has 0 saturated heterocycles. The maximum atomic E-state index is 5.87. The van der Waals surface area contributed by atoms with Crippen molar-refractivity contribution in [1.29, 1.82) is 0 Å². The zero-order valence-electron chi connectivity index (χ0n) is 10.2. The zero-order valence-corrected chi connectivity index (χ0v) is 11.8. The van der Waals surface area contributed by atoms with Gasteiger partial charge >= 0.3 is 0 Å². The summed E-state index contributed by atoms with van der Waals surface area (Å²) in [6, 6.07) is 6.23. The van der Waals surface area contributed by atoms with Gasteiger partial charge in [0.2, 0.25) is 0 Å². The fourth-order valence-corrected chi connectivity index (χ4v) is 2.33. The number of rotatable bonds is 2. The van der Waals surface area contributed by atoms with Crippen molar-refractivity contribution in [1.82, 2.24) is 9.55 Å². The molecule has 1 aromatic heterocycles. The van der Waals surface area contributed by atoms with Gasteiger partial charge in [-0.1, -0.05) is 6.07 Å². The van der Waals surface area contributed by atoms with E-state index in [4.69, 9.17) is 5.73 Å². The molecule has 0 aliphatic rings. The number of hydrogen-bond donors (Lipinski definition) is 1. The summed E-state index contributed by atoms with van der Waals surface area (Å²) in [7, 11) is 0. The lowest BCUT2D eigenvalue weighted by Crippen LogP contribution is -2.05. The molecule has 3 nitrogen and oxygen atoms in total. The van der Waals surface area contributed by atoms with Gasteiger partial charge in [-0.2, -0.15) is 0 Å². The van der Waals surface area contributed by atoms with E-state index in [0.717, 1.165) is 27.1 Å². The second-order valence-corrected chi connectivity index (χ2v) is 5.14. The van der Waals surface area contributed by atoms with Crippen LogP contribution >= 0.6 is 15.9 Å². The summed E-state index contributed by atoms with van der Waals surface area (Å²) >= 11 is 3.59. The molecule has 0 aliphatic carbocycles. The molecule has 2 aromatic rings. The fourth-order valence-electron chi connectivity index (χ4n) is 1.74. The highest BCUT2D eigenvalue weighted by atomic mass is 79.9. The first kappa shape index (κ1) is 12.3. The standard InChI is InChI=1S/C13H16BrN3/c1-8(15)11-4-5-13(12(14)6-11)17-7-16-9(2)10(17)3/h4-8H,15H2,1-3H3/t8-/m1/s1. The van der Waals surface area contributed by atoms with E-state index in [1.807, 2.05) is 20.2 Å². The van der Waals surface area contributed by atoms with Crippen LogP contribution in [0.1, 0.15) is 29.9 Å². The summed E-state index contributed by atoms with van der Waals surface area (Å²) in [4.78, 5) is 4.31. The average molecular weight is 294 g/mol. The molecule has 2 N–H and O–H groups in total. The molecule has 90 valence electrons. The van der Waals surface area contributed by atoms with Crippen molar-refractivity contribution >= 4 is 15.9 Å². The van der Waals surface area contributed by atoms with Crippen LogP contribution < -0.4 is 5.73 Å². The minimum atomic E-state index is 0.0472. The van der Waals surface area contributed by atoms with E-state index >= 15 is 0 Å². The van der Waals surface area contributed by atoms with Crippen LogP contribution in [0.25, 0.3) is 5.69 Å². The highest BCUT2D eigenvalue weighted by Gasteiger charge is 2.09. The molecule has 0 unspecified atom stereocenters. The van der Waals surface area contributed by atoms with Crippen LogP contribution in [0.4, 0.5) is 0 Å². The summed E-state index contributed by atoms with van der Waals surface area (Å²) in [6.45, 7) is 6.05. The lowest BCUT2D eigenvalue weighted by Gasteiger charge is -2.11. The Bertz CT molecular complexity index is 544. The number of aromatic nitrogens is 2. The number of hydrogen-bond acceptors (Lipinski definition) is 2. The molecule has 1 aromatic carbocycles. The Morgan fingerprint density at radius 2 is 2.06 bits per heavy atom. The number of imidazole rings is 1. The second-order valence-electron chi connectivity index (χ2n) is 4.28. The van der Waals surface area contributed by atoms with Crippen molar-refractivity contribution in [3.05, 3.63) is 46.0 Å². The van der Waals surface area contributed by atoms with Gasteiger partial charge in [0.15, 0.2) is 0 Å². The molecule has 0 radical (unpaired) electrons. The molecule has 0 amide bonds. The first-order valence-corrected chi connectivity index (χ1v) is 6.36. The third-order valence-electron chi connectivity index (χ3n) is 3.01. The maximum Gasteiger partial charge on any atom is 0.0997 e. The lowest BCUT2D eigenvalue weighted by molar-refractivity contribution is 0.816. The van der Waals surface area contributed by atoms with Crippen LogP contribution in [0.3, 0.4) is 0 Å². The third kappa shape index (κ3) is 2.28. The average Bonchev–Trinajstić information content (AvgIpc) is 2.60. The van der Waals surface area contributed by atoms with Crippen LogP contribution in [0.2, 0.25) is 0 Å². The highest BCUT2D eigenvalue weighted by Crippen LogP contribution is 2.26. The van der Waals surface area contributed by atoms with Gasteiger partial charge in [-0.15, -0.1) is 0 Å². The van der Waals surface area contributed by atoms with Crippen LogP contribution in [0.15, 0.2) is 29.0 Å². The summed E-state index contributed by atoms with van der Waals surface area (Å²) in [5, 5.41) is 0. The quantitative estimate of drug-likeness (QED) is 0.923. The molecule has 17 heavy (non-hydrogen) atoms. The van der Waals surface area contributed by atoms with Gasteiger partial charge < -0.3 is 10.3 Å². The molecular formula is C13H16BrN3. The number of nitrogens with zero attached hydrogens (tertiary/aromatic N) is 2. The van der Waals surface area contributed by atoms with Crippen LogP contribution in [0.5, 0.6) is 0 Å². The Morgan fingerprint density at radius 1 is 1.35 bits per heavy atom. The van der Waals surface area contributed by atoms with Crippen LogP contribution in [-0.4, -0.2) is 9.55 Å². The molecule has 0 bridgehead atoms. The predicted molar refractivity (Wildman–Crippen MR) is 73.3 cm³/mol. The number of halogens is 1. The van der Waals surface area contributed by atoms with Gasteiger partial charge in [-0.25, -0.2) is 4.98 Å². The topological polar surface area (TPSA) is 43.8 Å². The summed E-state index contributed by atoms with van der Waals surface area (Å²) in [5.74, 6) is 0. The Kier molecular flexibility index (Phi) is 3.35. The van der Waals surface area contributed by atoms with Gasteiger partial charge in [-0.05, 0) is 54.4 Å². The molecule has 0 fully saturated rings. The van der Waals surface area contributed by atoms with E-state index in [-0.39, 0.29) is 6.04 Å². The second kappa shape index (κ2) is 4.63. The SMILES string of the molecule is Cc1ncn(-c2ccc([C@@H](C)N)cc2Br)c1C. The normalized spacial score (nSPS) is 12.8. The van der Waals surface area contributed by atoms with Gasteiger partial charge in [0, 0.05) is 16.2 Å². The number of nitrogens with two attached hydrogens (primary N) is 1. The van der Waals surface area contributed by atoms with Crippen molar-refractivity contribution < 1.29 is 0 Å². The molecule has 0 aliphatic heterocycles. The molecule has 0 spiro atoms. The Balaban J connectivity index is 2.50. The van der Waals surface area contributed by atoms with Gasteiger partial charge in [0.05, 0.1) is 17.7 Å².